The predicted octanol–water partition coefficient (Wildman–Crippen LogP) is 1.76. The molecule has 2 heterocycles. The summed E-state index contributed by atoms with van der Waals surface area (Å²) in [7, 11) is 0. The molecule has 0 saturated carbocycles. The molecule has 3 rings (SSSR count). The van der Waals surface area contributed by atoms with E-state index in [4.69, 9.17) is 0 Å². The third kappa shape index (κ3) is 3.52. The quantitative estimate of drug-likeness (QED) is 0.557. The lowest BCUT2D eigenvalue weighted by Crippen LogP contribution is -2.16. The smallest absolute Gasteiger partial charge is 0.390 e. The van der Waals surface area contributed by atoms with Crippen molar-refractivity contribution in [3.05, 3.63) is 63.7 Å². The minimum Gasteiger partial charge on any atom is -0.390 e. The number of rotatable bonds is 5. The molecule has 0 aliphatic heterocycles. The molecule has 0 aliphatic carbocycles. The SMILES string of the molecule is Cc1cccc(C)c1NC(=O)c1ccn(Cn2cnc([N+](=O)[O-])n2)n1. The molecule has 0 bridgehead atoms. The van der Waals surface area contributed by atoms with Gasteiger partial charge in [-0.3, -0.25) is 4.79 Å². The molecule has 128 valence electrons. The number of aromatic nitrogens is 5. The highest BCUT2D eigenvalue weighted by molar-refractivity contribution is 6.03. The molecule has 1 amide bonds. The highest BCUT2D eigenvalue weighted by Crippen LogP contribution is 2.20. The maximum atomic E-state index is 12.4. The minimum atomic E-state index is -0.678. The number of para-hydroxylation sites is 1. The number of nitrogens with zero attached hydrogens (tertiary/aromatic N) is 6. The second-order valence-electron chi connectivity index (χ2n) is 5.44. The lowest BCUT2D eigenvalue weighted by Gasteiger charge is -2.10. The van der Waals surface area contributed by atoms with E-state index in [1.807, 2.05) is 32.0 Å². The summed E-state index contributed by atoms with van der Waals surface area (Å²) in [6.07, 6.45) is 2.82. The number of carbonyl (C=O) groups excluding carboxylic acids is 1. The van der Waals surface area contributed by atoms with Crippen LogP contribution in [0.25, 0.3) is 0 Å². The minimum absolute atomic E-state index is 0.109. The summed E-state index contributed by atoms with van der Waals surface area (Å²) >= 11 is 0. The Morgan fingerprint density at radius 1 is 1.20 bits per heavy atom. The van der Waals surface area contributed by atoms with E-state index in [0.717, 1.165) is 16.8 Å². The zero-order valence-corrected chi connectivity index (χ0v) is 13.6. The third-order valence-electron chi connectivity index (χ3n) is 3.57. The zero-order valence-electron chi connectivity index (χ0n) is 13.6. The van der Waals surface area contributed by atoms with E-state index in [1.54, 1.807) is 12.3 Å². The van der Waals surface area contributed by atoms with E-state index >= 15 is 0 Å². The summed E-state index contributed by atoms with van der Waals surface area (Å²) in [5, 5.41) is 21.3. The lowest BCUT2D eigenvalue weighted by atomic mass is 10.1. The molecular formula is C15H15N7O3. The molecule has 0 unspecified atom stereocenters. The largest absolute Gasteiger partial charge is 0.491 e. The molecule has 10 nitrogen and oxygen atoms in total. The molecule has 0 spiro atoms. The lowest BCUT2D eigenvalue weighted by molar-refractivity contribution is -0.394. The number of nitro groups is 1. The van der Waals surface area contributed by atoms with Crippen LogP contribution in [0.2, 0.25) is 0 Å². The molecule has 1 N–H and O–H groups in total. The van der Waals surface area contributed by atoms with Crippen molar-refractivity contribution < 1.29 is 9.72 Å². The van der Waals surface area contributed by atoms with Gasteiger partial charge in [0.25, 0.3) is 5.91 Å². The van der Waals surface area contributed by atoms with Gasteiger partial charge >= 0.3 is 5.95 Å². The first-order chi connectivity index (χ1) is 11.9. The summed E-state index contributed by atoms with van der Waals surface area (Å²) in [6, 6.07) is 7.32. The number of anilines is 1. The maximum Gasteiger partial charge on any atom is 0.491 e. The first kappa shape index (κ1) is 16.3. The Morgan fingerprint density at radius 3 is 2.56 bits per heavy atom. The Kier molecular flexibility index (Phi) is 4.25. The van der Waals surface area contributed by atoms with Crippen molar-refractivity contribution in [1.29, 1.82) is 0 Å². The van der Waals surface area contributed by atoms with Crippen LogP contribution >= 0.6 is 0 Å². The number of amides is 1. The van der Waals surface area contributed by atoms with Gasteiger partial charge in [0.15, 0.2) is 12.4 Å². The summed E-state index contributed by atoms with van der Waals surface area (Å²) in [4.78, 5) is 25.8. The highest BCUT2D eigenvalue weighted by Gasteiger charge is 2.15. The van der Waals surface area contributed by atoms with E-state index in [2.05, 4.69) is 20.5 Å². The second kappa shape index (κ2) is 6.51. The van der Waals surface area contributed by atoms with Crippen LogP contribution in [-0.4, -0.2) is 35.4 Å². The fourth-order valence-electron chi connectivity index (χ4n) is 2.34. The van der Waals surface area contributed by atoms with Gasteiger partial charge in [0.05, 0.1) is 0 Å². The van der Waals surface area contributed by atoms with Gasteiger partial charge in [-0.15, -0.1) is 0 Å². The second-order valence-corrected chi connectivity index (χ2v) is 5.44. The number of carbonyl (C=O) groups is 1. The van der Waals surface area contributed by atoms with Gasteiger partial charge in [-0.2, -0.15) is 9.78 Å². The van der Waals surface area contributed by atoms with Gasteiger partial charge in [-0.05, 0) is 36.0 Å². The Labute approximate surface area is 142 Å². The zero-order chi connectivity index (χ0) is 18.0. The van der Waals surface area contributed by atoms with Crippen molar-refractivity contribution in [3.63, 3.8) is 0 Å². The van der Waals surface area contributed by atoms with Crippen molar-refractivity contribution in [2.45, 2.75) is 20.5 Å². The molecule has 3 aromatic rings. The monoisotopic (exact) mass is 341 g/mol. The highest BCUT2D eigenvalue weighted by atomic mass is 16.6. The molecule has 0 aliphatic rings. The van der Waals surface area contributed by atoms with Crippen molar-refractivity contribution in [2.24, 2.45) is 0 Å². The normalized spacial score (nSPS) is 10.6. The average molecular weight is 341 g/mol. The summed E-state index contributed by atoms with van der Waals surface area (Å²) < 4.78 is 2.70. The Hall–Kier alpha value is -3.56. The van der Waals surface area contributed by atoms with Crippen LogP contribution in [0.5, 0.6) is 0 Å². The number of benzene rings is 1. The van der Waals surface area contributed by atoms with Crippen molar-refractivity contribution >= 4 is 17.5 Å². The first-order valence-electron chi connectivity index (χ1n) is 7.39. The molecule has 0 radical (unpaired) electrons. The predicted molar refractivity (Wildman–Crippen MR) is 88.2 cm³/mol. The standard InChI is InChI=1S/C15H15N7O3/c1-10-4-3-5-11(2)13(10)17-14(23)12-6-7-20(18-12)9-21-8-16-15(19-21)22(24)25/h3-8H,9H2,1-2H3,(H,17,23). The average Bonchev–Trinajstić information content (AvgIpc) is 3.21. The molecule has 2 aromatic heterocycles. The summed E-state index contributed by atoms with van der Waals surface area (Å²) in [5.41, 5.74) is 2.91. The van der Waals surface area contributed by atoms with Crippen molar-refractivity contribution in [1.82, 2.24) is 24.5 Å². The summed E-state index contributed by atoms with van der Waals surface area (Å²) in [6.45, 7) is 3.94. The Bertz CT molecular complexity index is 924. The molecule has 0 atom stereocenters. The van der Waals surface area contributed by atoms with Gasteiger partial charge in [0.2, 0.25) is 6.33 Å². The topological polar surface area (TPSA) is 121 Å². The van der Waals surface area contributed by atoms with Crippen LogP contribution in [-0.2, 0) is 6.67 Å². The number of hydrogen-bond donors (Lipinski definition) is 1. The molecule has 1 aromatic carbocycles. The van der Waals surface area contributed by atoms with E-state index in [1.165, 1.54) is 15.7 Å². The molecule has 25 heavy (non-hydrogen) atoms. The van der Waals surface area contributed by atoms with E-state index < -0.39 is 10.9 Å². The van der Waals surface area contributed by atoms with Gasteiger partial charge in [0.1, 0.15) is 0 Å². The fraction of sp³-hybridized carbons (Fsp3) is 0.200. The molecular weight excluding hydrogens is 326 g/mol. The van der Waals surface area contributed by atoms with Gasteiger partial charge in [-0.25, -0.2) is 4.68 Å². The molecule has 0 saturated heterocycles. The fourth-order valence-corrected chi connectivity index (χ4v) is 2.34. The van der Waals surface area contributed by atoms with Crippen LogP contribution in [0, 0.1) is 24.0 Å². The number of nitrogens with one attached hydrogen (secondary N) is 1. The van der Waals surface area contributed by atoms with E-state index in [0.29, 0.717) is 0 Å². The van der Waals surface area contributed by atoms with Crippen LogP contribution in [0.4, 0.5) is 11.6 Å². The Balaban J connectivity index is 1.72. The van der Waals surface area contributed by atoms with Gasteiger partial charge in [0, 0.05) is 17.0 Å². The molecule has 0 fully saturated rings. The van der Waals surface area contributed by atoms with Crippen LogP contribution < -0.4 is 5.32 Å². The maximum absolute atomic E-state index is 12.4. The summed E-state index contributed by atoms with van der Waals surface area (Å²) in [5.74, 6) is -0.819. The van der Waals surface area contributed by atoms with Gasteiger partial charge in [-0.1, -0.05) is 23.2 Å². The van der Waals surface area contributed by atoms with Crippen LogP contribution in [0.1, 0.15) is 21.6 Å². The Morgan fingerprint density at radius 2 is 1.92 bits per heavy atom. The van der Waals surface area contributed by atoms with Crippen LogP contribution in [0.3, 0.4) is 0 Å². The van der Waals surface area contributed by atoms with Crippen molar-refractivity contribution in [3.8, 4) is 0 Å². The van der Waals surface area contributed by atoms with E-state index in [9.17, 15) is 14.9 Å². The third-order valence-corrected chi connectivity index (χ3v) is 3.57. The number of aryl methyl sites for hydroxylation is 2. The molecule has 10 heteroatoms. The van der Waals surface area contributed by atoms with E-state index in [-0.39, 0.29) is 18.3 Å². The first-order valence-corrected chi connectivity index (χ1v) is 7.39. The van der Waals surface area contributed by atoms with Gasteiger partial charge < -0.3 is 15.4 Å². The van der Waals surface area contributed by atoms with Crippen molar-refractivity contribution in [2.75, 3.05) is 5.32 Å². The number of hydrogen-bond acceptors (Lipinski definition) is 6. The van der Waals surface area contributed by atoms with Crippen LogP contribution in [0.15, 0.2) is 36.8 Å².